The molecule has 0 spiro atoms. The van der Waals surface area contributed by atoms with Crippen molar-refractivity contribution in [3.8, 4) is 5.69 Å². The van der Waals surface area contributed by atoms with Crippen molar-refractivity contribution in [2.45, 2.75) is 51.6 Å². The monoisotopic (exact) mass is 399 g/mol. The van der Waals surface area contributed by atoms with Gasteiger partial charge in [0.1, 0.15) is 5.82 Å². The first-order valence-corrected chi connectivity index (χ1v) is 10.1. The predicted molar refractivity (Wildman–Crippen MR) is 112 cm³/mol. The van der Waals surface area contributed by atoms with Crippen molar-refractivity contribution in [3.63, 3.8) is 0 Å². The first kappa shape index (κ1) is 20.9. The van der Waals surface area contributed by atoms with Gasteiger partial charge in [-0.2, -0.15) is 5.10 Å². The molecule has 1 fully saturated rings. The van der Waals surface area contributed by atoms with Gasteiger partial charge in [0, 0.05) is 18.2 Å². The van der Waals surface area contributed by atoms with Gasteiger partial charge in [-0.1, -0.05) is 39.0 Å². The predicted octanol–water partition coefficient (Wildman–Crippen LogP) is 3.05. The molecule has 1 aromatic heterocycles. The summed E-state index contributed by atoms with van der Waals surface area (Å²) >= 11 is 0. The van der Waals surface area contributed by atoms with Gasteiger partial charge in [-0.3, -0.25) is 15.0 Å². The van der Waals surface area contributed by atoms with E-state index in [1.54, 1.807) is 4.68 Å². The maximum absolute atomic E-state index is 12.5. The molecule has 3 rings (SSSR count). The number of para-hydroxylation sites is 1. The van der Waals surface area contributed by atoms with Crippen molar-refractivity contribution in [2.24, 2.45) is 0 Å². The molecule has 0 atom stereocenters. The number of hydrogen-bond donors (Lipinski definition) is 3. The van der Waals surface area contributed by atoms with Crippen LogP contribution in [-0.2, 0) is 4.79 Å². The number of carboxylic acid groups (broad SMARTS) is 1. The van der Waals surface area contributed by atoms with Crippen molar-refractivity contribution in [1.82, 2.24) is 20.0 Å². The van der Waals surface area contributed by atoms with Gasteiger partial charge >= 0.3 is 12.0 Å². The summed E-state index contributed by atoms with van der Waals surface area (Å²) in [6.45, 7) is 6.80. The summed E-state index contributed by atoms with van der Waals surface area (Å²) in [5.74, 6) is 0.0377. The molecule has 8 heteroatoms. The second kappa shape index (κ2) is 9.09. The fraction of sp³-hybridized carbons (Fsp3) is 0.476. The van der Waals surface area contributed by atoms with E-state index >= 15 is 0 Å². The molecule has 1 aromatic carbocycles. The maximum atomic E-state index is 12.5. The van der Waals surface area contributed by atoms with E-state index in [4.69, 9.17) is 5.11 Å². The number of amides is 2. The standard InChI is InChI=1S/C21H29N5O3/c1-4-25(13-20(27)28)17-10-15(11-17)22-21(29)23-19-12-18(14(2)3)24-26(19)16-8-6-5-7-9-16/h5-9,12,14-15,17H,4,10-11,13H2,1-3H3,(H,27,28)(H2,22,23,29). The minimum absolute atomic E-state index is 0.0360. The summed E-state index contributed by atoms with van der Waals surface area (Å²) < 4.78 is 1.74. The first-order chi connectivity index (χ1) is 13.9. The number of carboxylic acids is 1. The highest BCUT2D eigenvalue weighted by Crippen LogP contribution is 2.26. The van der Waals surface area contributed by atoms with Gasteiger partial charge < -0.3 is 10.4 Å². The molecule has 0 saturated heterocycles. The number of aliphatic carboxylic acids is 1. The average molecular weight is 399 g/mol. The second-order valence-electron chi connectivity index (χ2n) is 7.73. The number of nitrogens with zero attached hydrogens (tertiary/aromatic N) is 3. The van der Waals surface area contributed by atoms with Crippen LogP contribution in [0.4, 0.5) is 10.6 Å². The summed E-state index contributed by atoms with van der Waals surface area (Å²) in [5.41, 5.74) is 1.78. The van der Waals surface area contributed by atoms with E-state index in [2.05, 4.69) is 29.6 Å². The van der Waals surface area contributed by atoms with E-state index in [0.29, 0.717) is 12.4 Å². The van der Waals surface area contributed by atoms with E-state index in [-0.39, 0.29) is 30.6 Å². The summed E-state index contributed by atoms with van der Waals surface area (Å²) in [6.07, 6.45) is 1.51. The number of rotatable bonds is 8. The molecule has 1 aliphatic rings. The minimum Gasteiger partial charge on any atom is -0.480 e. The molecule has 1 heterocycles. The van der Waals surface area contributed by atoms with Crippen molar-refractivity contribution < 1.29 is 14.7 Å². The molecule has 3 N–H and O–H groups in total. The topological polar surface area (TPSA) is 99.5 Å². The number of carbonyl (C=O) groups is 2. The van der Waals surface area contributed by atoms with Gasteiger partial charge in [0.2, 0.25) is 0 Å². The Bertz CT molecular complexity index is 843. The maximum Gasteiger partial charge on any atom is 0.320 e. The average Bonchev–Trinajstić information content (AvgIpc) is 3.07. The van der Waals surface area contributed by atoms with Crippen LogP contribution in [0.1, 0.15) is 45.2 Å². The molecule has 29 heavy (non-hydrogen) atoms. The number of likely N-dealkylation sites (N-methyl/N-ethyl adjacent to an activating group) is 1. The molecule has 0 aliphatic heterocycles. The molecule has 1 saturated carbocycles. The molecule has 0 bridgehead atoms. The van der Waals surface area contributed by atoms with Gasteiger partial charge in [0.15, 0.2) is 0 Å². The Morgan fingerprint density at radius 3 is 2.55 bits per heavy atom. The number of carbonyl (C=O) groups excluding carboxylic acids is 1. The molecular weight excluding hydrogens is 370 g/mol. The Balaban J connectivity index is 1.61. The molecule has 0 radical (unpaired) electrons. The lowest BCUT2D eigenvalue weighted by Crippen LogP contribution is -2.55. The number of nitrogens with one attached hydrogen (secondary N) is 2. The fourth-order valence-electron chi connectivity index (χ4n) is 3.55. The summed E-state index contributed by atoms with van der Waals surface area (Å²) in [7, 11) is 0. The Kier molecular flexibility index (Phi) is 6.53. The van der Waals surface area contributed by atoms with Crippen molar-refractivity contribution in [1.29, 1.82) is 0 Å². The lowest BCUT2D eigenvalue weighted by molar-refractivity contribution is -0.139. The van der Waals surface area contributed by atoms with E-state index in [1.807, 2.05) is 48.2 Å². The SMILES string of the molecule is CCN(CC(=O)O)C1CC(NC(=O)Nc2cc(C(C)C)nn2-c2ccccc2)C1. The van der Waals surface area contributed by atoms with Crippen molar-refractivity contribution in [2.75, 3.05) is 18.4 Å². The highest BCUT2D eigenvalue weighted by Gasteiger charge is 2.34. The van der Waals surface area contributed by atoms with E-state index in [0.717, 1.165) is 24.2 Å². The van der Waals surface area contributed by atoms with Crippen LogP contribution in [-0.4, -0.2) is 57.0 Å². The summed E-state index contributed by atoms with van der Waals surface area (Å²) in [4.78, 5) is 25.4. The Morgan fingerprint density at radius 1 is 1.28 bits per heavy atom. The number of anilines is 1. The first-order valence-electron chi connectivity index (χ1n) is 10.1. The normalized spacial score (nSPS) is 18.5. The van der Waals surface area contributed by atoms with E-state index in [1.165, 1.54) is 0 Å². The van der Waals surface area contributed by atoms with Crippen LogP contribution in [0.25, 0.3) is 5.69 Å². The zero-order valence-corrected chi connectivity index (χ0v) is 17.1. The zero-order chi connectivity index (χ0) is 21.0. The minimum atomic E-state index is -0.823. The van der Waals surface area contributed by atoms with E-state index in [9.17, 15) is 9.59 Å². The summed E-state index contributed by atoms with van der Waals surface area (Å²) in [6, 6.07) is 11.5. The second-order valence-corrected chi connectivity index (χ2v) is 7.73. The molecule has 8 nitrogen and oxygen atoms in total. The van der Waals surface area contributed by atoms with Crippen LogP contribution < -0.4 is 10.6 Å². The van der Waals surface area contributed by atoms with E-state index < -0.39 is 5.97 Å². The third-order valence-corrected chi connectivity index (χ3v) is 5.27. The van der Waals surface area contributed by atoms with Gasteiger partial charge in [0.25, 0.3) is 0 Å². The van der Waals surface area contributed by atoms with Gasteiger partial charge in [-0.25, -0.2) is 9.48 Å². The largest absolute Gasteiger partial charge is 0.480 e. The van der Waals surface area contributed by atoms with Crippen LogP contribution >= 0.6 is 0 Å². The van der Waals surface area contributed by atoms with Crippen LogP contribution in [0.15, 0.2) is 36.4 Å². The Hall–Kier alpha value is -2.87. The Morgan fingerprint density at radius 2 is 1.97 bits per heavy atom. The van der Waals surface area contributed by atoms with Crippen LogP contribution in [0, 0.1) is 0 Å². The van der Waals surface area contributed by atoms with Crippen LogP contribution in [0.5, 0.6) is 0 Å². The number of urea groups is 1. The quantitative estimate of drug-likeness (QED) is 0.634. The molecule has 1 aliphatic carbocycles. The summed E-state index contributed by atoms with van der Waals surface area (Å²) in [5, 5.41) is 19.5. The zero-order valence-electron chi connectivity index (χ0n) is 17.1. The number of hydrogen-bond acceptors (Lipinski definition) is 4. The third kappa shape index (κ3) is 5.14. The highest BCUT2D eigenvalue weighted by molar-refractivity contribution is 5.89. The lowest BCUT2D eigenvalue weighted by atomic mass is 9.85. The number of aromatic nitrogens is 2. The molecule has 0 unspecified atom stereocenters. The smallest absolute Gasteiger partial charge is 0.320 e. The van der Waals surface area contributed by atoms with Crippen molar-refractivity contribution >= 4 is 17.8 Å². The molecule has 2 aromatic rings. The highest BCUT2D eigenvalue weighted by atomic mass is 16.4. The molecule has 156 valence electrons. The molecular formula is C21H29N5O3. The van der Waals surface area contributed by atoms with Gasteiger partial charge in [0.05, 0.1) is 17.9 Å². The molecule has 2 amide bonds. The Labute approximate surface area is 170 Å². The van der Waals surface area contributed by atoms with Gasteiger partial charge in [-0.15, -0.1) is 0 Å². The van der Waals surface area contributed by atoms with Gasteiger partial charge in [-0.05, 0) is 37.4 Å². The lowest BCUT2D eigenvalue weighted by Gasteiger charge is -2.42. The fourth-order valence-corrected chi connectivity index (χ4v) is 3.55. The van der Waals surface area contributed by atoms with Crippen LogP contribution in [0.2, 0.25) is 0 Å². The number of benzene rings is 1. The van der Waals surface area contributed by atoms with Crippen LogP contribution in [0.3, 0.4) is 0 Å². The van der Waals surface area contributed by atoms with Crippen molar-refractivity contribution in [3.05, 3.63) is 42.1 Å². The third-order valence-electron chi connectivity index (χ3n) is 5.27.